The first kappa shape index (κ1) is 15.4. The maximum atomic E-state index is 13.6. The van der Waals surface area contributed by atoms with E-state index < -0.39 is 0 Å². The number of nitrogens with zero attached hydrogens (tertiary/aromatic N) is 1. The molecule has 0 aromatic heterocycles. The van der Waals surface area contributed by atoms with Crippen LogP contribution in [0.4, 0.5) is 4.39 Å². The SMILES string of the molecule is CCN(CC)CCC(N)Cc1ccc(Cl)cc1F. The molecule has 102 valence electrons. The summed E-state index contributed by atoms with van der Waals surface area (Å²) in [6, 6.07) is 4.75. The van der Waals surface area contributed by atoms with Gasteiger partial charge in [0.05, 0.1) is 0 Å². The minimum absolute atomic E-state index is 0.0127. The molecule has 0 bridgehead atoms. The quantitative estimate of drug-likeness (QED) is 0.827. The minimum atomic E-state index is -0.263. The third-order valence-electron chi connectivity index (χ3n) is 3.21. The number of rotatable bonds is 7. The van der Waals surface area contributed by atoms with Crippen LogP contribution in [0.15, 0.2) is 18.2 Å². The van der Waals surface area contributed by atoms with Gasteiger partial charge in [0, 0.05) is 11.1 Å². The molecule has 1 rings (SSSR count). The second kappa shape index (κ2) is 7.72. The molecule has 0 saturated heterocycles. The number of benzene rings is 1. The number of nitrogens with two attached hydrogens (primary N) is 1. The number of hydrogen-bond donors (Lipinski definition) is 1. The van der Waals surface area contributed by atoms with Crippen LogP contribution in [0.25, 0.3) is 0 Å². The van der Waals surface area contributed by atoms with E-state index in [0.29, 0.717) is 17.0 Å². The molecule has 4 heteroatoms. The van der Waals surface area contributed by atoms with Gasteiger partial charge in [0.1, 0.15) is 5.82 Å². The van der Waals surface area contributed by atoms with Crippen molar-refractivity contribution in [2.75, 3.05) is 19.6 Å². The molecular weight excluding hydrogens is 251 g/mol. The van der Waals surface area contributed by atoms with Gasteiger partial charge in [0.15, 0.2) is 0 Å². The Morgan fingerprint density at radius 2 is 2.00 bits per heavy atom. The van der Waals surface area contributed by atoms with Crippen molar-refractivity contribution in [3.05, 3.63) is 34.6 Å². The summed E-state index contributed by atoms with van der Waals surface area (Å²) in [7, 11) is 0. The fourth-order valence-electron chi connectivity index (χ4n) is 1.96. The van der Waals surface area contributed by atoms with Crippen LogP contribution in [-0.2, 0) is 6.42 Å². The molecule has 0 heterocycles. The zero-order chi connectivity index (χ0) is 13.5. The Kier molecular flexibility index (Phi) is 6.61. The molecule has 0 aliphatic heterocycles. The van der Waals surface area contributed by atoms with E-state index in [1.54, 1.807) is 12.1 Å². The van der Waals surface area contributed by atoms with E-state index in [0.717, 1.165) is 26.1 Å². The van der Waals surface area contributed by atoms with Gasteiger partial charge in [-0.1, -0.05) is 31.5 Å². The summed E-state index contributed by atoms with van der Waals surface area (Å²) < 4.78 is 13.6. The van der Waals surface area contributed by atoms with Crippen molar-refractivity contribution in [2.24, 2.45) is 5.73 Å². The van der Waals surface area contributed by atoms with E-state index in [4.69, 9.17) is 17.3 Å². The molecule has 2 N–H and O–H groups in total. The van der Waals surface area contributed by atoms with Crippen molar-refractivity contribution in [2.45, 2.75) is 32.7 Å². The lowest BCUT2D eigenvalue weighted by atomic mass is 10.0. The van der Waals surface area contributed by atoms with Gasteiger partial charge in [-0.3, -0.25) is 0 Å². The maximum absolute atomic E-state index is 13.6. The zero-order valence-corrected chi connectivity index (χ0v) is 11.9. The van der Waals surface area contributed by atoms with Gasteiger partial charge < -0.3 is 10.6 Å². The Balaban J connectivity index is 2.46. The second-order valence-corrected chi connectivity index (χ2v) is 4.95. The normalized spacial score (nSPS) is 13.0. The standard InChI is InChI=1S/C14H22ClFN2/c1-3-18(4-2)8-7-13(17)9-11-5-6-12(15)10-14(11)16/h5-6,10,13H,3-4,7-9,17H2,1-2H3. The van der Waals surface area contributed by atoms with Crippen molar-refractivity contribution in [1.29, 1.82) is 0 Å². The largest absolute Gasteiger partial charge is 0.327 e. The van der Waals surface area contributed by atoms with Crippen molar-refractivity contribution >= 4 is 11.6 Å². The number of halogens is 2. The van der Waals surface area contributed by atoms with Crippen molar-refractivity contribution in [1.82, 2.24) is 4.90 Å². The van der Waals surface area contributed by atoms with E-state index >= 15 is 0 Å². The Labute approximate surface area is 114 Å². The van der Waals surface area contributed by atoms with Gasteiger partial charge in [-0.25, -0.2) is 4.39 Å². The highest BCUT2D eigenvalue weighted by atomic mass is 35.5. The predicted molar refractivity (Wildman–Crippen MR) is 75.5 cm³/mol. The van der Waals surface area contributed by atoms with E-state index in [1.807, 2.05) is 0 Å². The molecule has 1 atom stereocenters. The summed E-state index contributed by atoms with van der Waals surface area (Å²) >= 11 is 5.72. The summed E-state index contributed by atoms with van der Waals surface area (Å²) in [6.45, 7) is 7.28. The van der Waals surface area contributed by atoms with Crippen molar-refractivity contribution in [3.63, 3.8) is 0 Å². The third-order valence-corrected chi connectivity index (χ3v) is 3.44. The smallest absolute Gasteiger partial charge is 0.127 e. The summed E-state index contributed by atoms with van der Waals surface area (Å²) in [5, 5.41) is 0.424. The highest BCUT2D eigenvalue weighted by Crippen LogP contribution is 2.16. The molecule has 0 saturated carbocycles. The zero-order valence-electron chi connectivity index (χ0n) is 11.1. The van der Waals surface area contributed by atoms with E-state index in [9.17, 15) is 4.39 Å². The number of hydrogen-bond acceptors (Lipinski definition) is 2. The summed E-state index contributed by atoms with van der Waals surface area (Å²) in [5.74, 6) is -0.263. The van der Waals surface area contributed by atoms with Crippen molar-refractivity contribution in [3.8, 4) is 0 Å². The van der Waals surface area contributed by atoms with Gasteiger partial charge >= 0.3 is 0 Å². The van der Waals surface area contributed by atoms with Gasteiger partial charge in [-0.2, -0.15) is 0 Å². The van der Waals surface area contributed by atoms with Crippen LogP contribution < -0.4 is 5.73 Å². The van der Waals surface area contributed by atoms with Crippen LogP contribution in [0.1, 0.15) is 25.8 Å². The minimum Gasteiger partial charge on any atom is -0.327 e. The molecule has 0 radical (unpaired) electrons. The van der Waals surface area contributed by atoms with Crippen LogP contribution in [0.5, 0.6) is 0 Å². The molecule has 2 nitrogen and oxygen atoms in total. The summed E-state index contributed by atoms with van der Waals surface area (Å²) in [5.41, 5.74) is 6.69. The maximum Gasteiger partial charge on any atom is 0.127 e. The Morgan fingerprint density at radius 3 is 2.56 bits per heavy atom. The van der Waals surface area contributed by atoms with Crippen LogP contribution in [0, 0.1) is 5.82 Å². The molecule has 0 fully saturated rings. The molecule has 1 unspecified atom stereocenters. The molecule has 1 aromatic carbocycles. The summed E-state index contributed by atoms with van der Waals surface area (Å²) in [4.78, 5) is 2.32. The monoisotopic (exact) mass is 272 g/mol. The molecule has 18 heavy (non-hydrogen) atoms. The van der Waals surface area contributed by atoms with Gasteiger partial charge in [-0.15, -0.1) is 0 Å². The lowest BCUT2D eigenvalue weighted by molar-refractivity contribution is 0.289. The first-order valence-corrected chi connectivity index (χ1v) is 6.86. The molecule has 0 amide bonds. The van der Waals surface area contributed by atoms with Crippen LogP contribution >= 0.6 is 11.6 Å². The molecule has 0 aliphatic carbocycles. The van der Waals surface area contributed by atoms with Gasteiger partial charge in [0.2, 0.25) is 0 Å². The molecule has 0 spiro atoms. The Morgan fingerprint density at radius 1 is 1.33 bits per heavy atom. The fourth-order valence-corrected chi connectivity index (χ4v) is 2.12. The average Bonchev–Trinajstić information content (AvgIpc) is 2.34. The topological polar surface area (TPSA) is 29.3 Å². The van der Waals surface area contributed by atoms with E-state index in [2.05, 4.69) is 18.7 Å². The van der Waals surface area contributed by atoms with E-state index in [-0.39, 0.29) is 11.9 Å². The lowest BCUT2D eigenvalue weighted by Gasteiger charge is -2.20. The highest BCUT2D eigenvalue weighted by molar-refractivity contribution is 6.30. The average molecular weight is 273 g/mol. The van der Waals surface area contributed by atoms with Crippen LogP contribution in [0.2, 0.25) is 5.02 Å². The first-order valence-electron chi connectivity index (χ1n) is 6.48. The Bertz CT molecular complexity index is 367. The predicted octanol–water partition coefficient (Wildman–Crippen LogP) is 3.08. The van der Waals surface area contributed by atoms with Crippen LogP contribution in [-0.4, -0.2) is 30.6 Å². The highest BCUT2D eigenvalue weighted by Gasteiger charge is 2.10. The second-order valence-electron chi connectivity index (χ2n) is 4.52. The van der Waals surface area contributed by atoms with Crippen LogP contribution in [0.3, 0.4) is 0 Å². The lowest BCUT2D eigenvalue weighted by Crippen LogP contribution is -2.31. The molecule has 0 aliphatic rings. The van der Waals surface area contributed by atoms with E-state index in [1.165, 1.54) is 6.07 Å². The van der Waals surface area contributed by atoms with Crippen molar-refractivity contribution < 1.29 is 4.39 Å². The third kappa shape index (κ3) is 4.92. The molecule has 1 aromatic rings. The van der Waals surface area contributed by atoms with Gasteiger partial charge in [-0.05, 0) is 50.2 Å². The Hall–Kier alpha value is -0.640. The molecular formula is C14H22ClFN2. The fraction of sp³-hybridized carbons (Fsp3) is 0.571. The summed E-state index contributed by atoms with van der Waals surface area (Å²) in [6.07, 6.45) is 1.44. The first-order chi connectivity index (χ1) is 8.56. The van der Waals surface area contributed by atoms with Gasteiger partial charge in [0.25, 0.3) is 0 Å².